The van der Waals surface area contributed by atoms with Crippen LogP contribution >= 0.6 is 0 Å². The molecule has 4 heteroatoms. The van der Waals surface area contributed by atoms with Gasteiger partial charge in [0.15, 0.2) is 5.79 Å². The zero-order chi connectivity index (χ0) is 17.3. The van der Waals surface area contributed by atoms with E-state index >= 15 is 0 Å². The van der Waals surface area contributed by atoms with Crippen LogP contribution in [0.3, 0.4) is 0 Å². The Balaban J connectivity index is 1.69. The van der Waals surface area contributed by atoms with E-state index in [9.17, 15) is 20.1 Å². The normalized spacial score (nSPS) is 52.9. The molecular weight excluding hydrogens is 304 g/mol. The highest BCUT2D eigenvalue weighted by atomic mass is 16.5. The highest BCUT2D eigenvalue weighted by molar-refractivity contribution is 5.71. The molecule has 7 atom stereocenters. The van der Waals surface area contributed by atoms with Crippen LogP contribution in [0.4, 0.5) is 0 Å². The molecule has 0 amide bonds. The average molecular weight is 336 g/mol. The third kappa shape index (κ3) is 1.96. The number of aliphatic hydroxyl groups is 2. The minimum Gasteiger partial charge on any atom is -0.481 e. The highest BCUT2D eigenvalue weighted by Gasteiger charge is 2.65. The van der Waals surface area contributed by atoms with Gasteiger partial charge in [0.2, 0.25) is 0 Å². The van der Waals surface area contributed by atoms with Crippen molar-refractivity contribution in [2.75, 3.05) is 0 Å². The second-order valence-electron chi connectivity index (χ2n) is 9.66. The van der Waals surface area contributed by atoms with Gasteiger partial charge >= 0.3 is 5.97 Å². The second kappa shape index (κ2) is 5.20. The lowest BCUT2D eigenvalue weighted by Gasteiger charge is -2.63. The van der Waals surface area contributed by atoms with Crippen molar-refractivity contribution < 1.29 is 20.1 Å². The molecule has 4 fully saturated rings. The molecule has 0 aromatic carbocycles. The number of carboxylic acids is 1. The van der Waals surface area contributed by atoms with Crippen molar-refractivity contribution in [1.29, 1.82) is 0 Å². The first-order valence-electron chi connectivity index (χ1n) is 9.89. The first-order chi connectivity index (χ1) is 11.2. The van der Waals surface area contributed by atoms with Crippen LogP contribution in [-0.4, -0.2) is 27.1 Å². The molecule has 0 aliphatic heterocycles. The van der Waals surface area contributed by atoms with Crippen molar-refractivity contribution in [2.24, 2.45) is 40.4 Å². The Bertz CT molecular complexity index is 544. The van der Waals surface area contributed by atoms with E-state index in [-0.39, 0.29) is 11.3 Å². The summed E-state index contributed by atoms with van der Waals surface area (Å²) in [4.78, 5) is 11.7. The van der Waals surface area contributed by atoms with E-state index in [0.717, 1.165) is 51.4 Å². The first kappa shape index (κ1) is 16.8. The lowest BCUT2D eigenvalue weighted by molar-refractivity contribution is -0.313. The second-order valence-corrected chi connectivity index (χ2v) is 9.66. The molecular formula is C20H32O4. The Morgan fingerprint density at radius 3 is 2.38 bits per heavy atom. The zero-order valence-electron chi connectivity index (χ0n) is 15.0. The quantitative estimate of drug-likeness (QED) is 0.641. The van der Waals surface area contributed by atoms with Crippen molar-refractivity contribution in [1.82, 2.24) is 0 Å². The summed E-state index contributed by atoms with van der Waals surface area (Å²) in [6.07, 6.45) is 8.41. The molecule has 0 spiro atoms. The van der Waals surface area contributed by atoms with Gasteiger partial charge in [-0.05, 0) is 80.5 Å². The molecule has 4 aliphatic carbocycles. The fraction of sp³-hybridized carbons (Fsp3) is 0.950. The van der Waals surface area contributed by atoms with Crippen LogP contribution in [0, 0.1) is 40.4 Å². The summed E-state index contributed by atoms with van der Waals surface area (Å²) >= 11 is 0. The Hall–Kier alpha value is -0.610. The van der Waals surface area contributed by atoms with Crippen LogP contribution in [0.25, 0.3) is 0 Å². The van der Waals surface area contributed by atoms with Gasteiger partial charge in [0.1, 0.15) is 0 Å². The van der Waals surface area contributed by atoms with Gasteiger partial charge in [0.25, 0.3) is 0 Å². The Kier molecular flexibility index (Phi) is 3.65. The maximum absolute atomic E-state index is 11.7. The standard InChI is InChI=1S/C20H32O4/c1-18-11-9-15-13(14(18)7-8-16(18)17(21)22)6-5-12-4-3-10-20(23,24)19(12,15)2/h12-16,23-24H,3-11H2,1-2H3,(H,21,22). The number of carboxylic acid groups (broad SMARTS) is 1. The van der Waals surface area contributed by atoms with Gasteiger partial charge < -0.3 is 15.3 Å². The van der Waals surface area contributed by atoms with Crippen molar-refractivity contribution in [2.45, 2.75) is 77.4 Å². The summed E-state index contributed by atoms with van der Waals surface area (Å²) in [5.41, 5.74) is -0.519. The summed E-state index contributed by atoms with van der Waals surface area (Å²) in [6, 6.07) is 0. The fourth-order valence-corrected chi connectivity index (χ4v) is 7.77. The van der Waals surface area contributed by atoms with Crippen molar-refractivity contribution in [3.05, 3.63) is 0 Å². The van der Waals surface area contributed by atoms with Crippen molar-refractivity contribution in [3.8, 4) is 0 Å². The first-order valence-corrected chi connectivity index (χ1v) is 9.89. The zero-order valence-corrected chi connectivity index (χ0v) is 15.0. The van der Waals surface area contributed by atoms with Crippen molar-refractivity contribution >= 4 is 5.97 Å². The maximum Gasteiger partial charge on any atom is 0.307 e. The molecule has 0 saturated heterocycles. The number of rotatable bonds is 1. The van der Waals surface area contributed by atoms with Gasteiger partial charge in [-0.3, -0.25) is 4.79 Å². The smallest absolute Gasteiger partial charge is 0.307 e. The molecule has 0 aromatic rings. The average Bonchev–Trinajstić information content (AvgIpc) is 2.86. The third-order valence-corrected chi connectivity index (χ3v) is 9.14. The number of hydrogen-bond acceptors (Lipinski definition) is 3. The monoisotopic (exact) mass is 336 g/mol. The van der Waals surface area contributed by atoms with Crippen molar-refractivity contribution in [3.63, 3.8) is 0 Å². The highest BCUT2D eigenvalue weighted by Crippen LogP contribution is 2.68. The van der Waals surface area contributed by atoms with Gasteiger partial charge in [0.05, 0.1) is 5.92 Å². The minimum absolute atomic E-state index is 0.0988. The van der Waals surface area contributed by atoms with E-state index in [0.29, 0.717) is 30.1 Å². The SMILES string of the molecule is CC12CCC3C(CCC4CCCC(O)(O)C43C)C1CCC2C(=O)O. The molecule has 3 N–H and O–H groups in total. The molecule has 0 aromatic heterocycles. The fourth-order valence-electron chi connectivity index (χ4n) is 7.77. The lowest BCUT2D eigenvalue weighted by Crippen LogP contribution is -2.63. The molecule has 4 nitrogen and oxygen atoms in total. The van der Waals surface area contributed by atoms with Gasteiger partial charge in [0, 0.05) is 11.8 Å². The molecule has 0 bridgehead atoms. The van der Waals surface area contributed by atoms with Crippen LogP contribution in [0.5, 0.6) is 0 Å². The van der Waals surface area contributed by atoms with Gasteiger partial charge in [-0.25, -0.2) is 0 Å². The number of hydrogen-bond donors (Lipinski definition) is 3. The number of aliphatic carboxylic acids is 1. The van der Waals surface area contributed by atoms with Gasteiger partial charge in [-0.1, -0.05) is 13.8 Å². The predicted molar refractivity (Wildman–Crippen MR) is 90.0 cm³/mol. The summed E-state index contributed by atoms with van der Waals surface area (Å²) in [5.74, 6) is -0.764. The van der Waals surface area contributed by atoms with E-state index in [4.69, 9.17) is 0 Å². The van der Waals surface area contributed by atoms with Crippen LogP contribution in [-0.2, 0) is 4.79 Å². The topological polar surface area (TPSA) is 77.8 Å². The molecule has 0 radical (unpaired) electrons. The molecule has 136 valence electrons. The summed E-state index contributed by atoms with van der Waals surface area (Å²) in [7, 11) is 0. The van der Waals surface area contributed by atoms with Crippen LogP contribution in [0.1, 0.15) is 71.6 Å². The molecule has 24 heavy (non-hydrogen) atoms. The number of carbonyl (C=O) groups is 1. The lowest BCUT2D eigenvalue weighted by atomic mass is 9.43. The Labute approximate surface area is 144 Å². The minimum atomic E-state index is -1.56. The largest absolute Gasteiger partial charge is 0.481 e. The van der Waals surface area contributed by atoms with Crippen LogP contribution in [0.15, 0.2) is 0 Å². The van der Waals surface area contributed by atoms with E-state index in [1.165, 1.54) is 0 Å². The third-order valence-electron chi connectivity index (χ3n) is 9.14. The van der Waals surface area contributed by atoms with E-state index in [2.05, 4.69) is 13.8 Å². The number of fused-ring (bicyclic) bond motifs is 5. The Morgan fingerprint density at radius 2 is 1.67 bits per heavy atom. The molecule has 7 unspecified atom stereocenters. The van der Waals surface area contributed by atoms with E-state index in [1.54, 1.807) is 0 Å². The molecule has 4 saturated carbocycles. The van der Waals surface area contributed by atoms with Gasteiger partial charge in [-0.2, -0.15) is 0 Å². The maximum atomic E-state index is 11.7. The summed E-state index contributed by atoms with van der Waals surface area (Å²) in [5, 5.41) is 31.4. The van der Waals surface area contributed by atoms with Gasteiger partial charge in [-0.15, -0.1) is 0 Å². The molecule has 4 aliphatic rings. The van der Waals surface area contributed by atoms with E-state index in [1.807, 2.05) is 0 Å². The van der Waals surface area contributed by atoms with Crippen LogP contribution in [0.2, 0.25) is 0 Å². The Morgan fingerprint density at radius 1 is 0.917 bits per heavy atom. The molecule has 0 heterocycles. The van der Waals surface area contributed by atoms with E-state index < -0.39 is 17.2 Å². The summed E-state index contributed by atoms with van der Waals surface area (Å²) < 4.78 is 0. The predicted octanol–water partition coefficient (Wildman–Crippen LogP) is 3.41. The molecule has 4 rings (SSSR count). The summed E-state index contributed by atoms with van der Waals surface area (Å²) in [6.45, 7) is 4.32. The van der Waals surface area contributed by atoms with Crippen LogP contribution < -0.4 is 0 Å².